The maximum Gasteiger partial charge on any atom is 0.345 e. The molecule has 0 bridgehead atoms. The number of carbonyl (C=O) groups is 1. The highest BCUT2D eigenvalue weighted by Gasteiger charge is 2.11. The zero-order valence-corrected chi connectivity index (χ0v) is 10.9. The first kappa shape index (κ1) is 12.4. The van der Waals surface area contributed by atoms with Crippen LogP contribution in [0, 0.1) is 0 Å². The van der Waals surface area contributed by atoms with Gasteiger partial charge in [0.25, 0.3) is 0 Å². The van der Waals surface area contributed by atoms with Crippen molar-refractivity contribution in [3.63, 3.8) is 0 Å². The number of rotatable bonds is 4. The zero-order valence-electron chi connectivity index (χ0n) is 10.1. The number of hydrogen-bond acceptors (Lipinski definition) is 4. The van der Waals surface area contributed by atoms with Crippen LogP contribution in [0.3, 0.4) is 0 Å². The Morgan fingerprint density at radius 1 is 1.22 bits per heavy atom. The highest BCUT2D eigenvalue weighted by molar-refractivity contribution is 7.17. The van der Waals surface area contributed by atoms with E-state index in [9.17, 15) is 4.79 Å². The molecule has 0 unspecified atom stereocenters. The van der Waals surface area contributed by atoms with E-state index in [0.29, 0.717) is 4.88 Å². The van der Waals surface area contributed by atoms with Crippen molar-refractivity contribution >= 4 is 28.0 Å². The molecule has 0 aliphatic rings. The minimum atomic E-state index is -0.894. The molecule has 5 heteroatoms. The lowest BCUT2D eigenvalue weighted by molar-refractivity contribution is 0.0702. The van der Waals surface area contributed by atoms with Crippen LogP contribution < -0.4 is 9.64 Å². The third-order valence-corrected chi connectivity index (χ3v) is 3.74. The first-order valence-electron chi connectivity index (χ1n) is 5.32. The van der Waals surface area contributed by atoms with Crippen LogP contribution in [-0.2, 0) is 0 Å². The predicted molar refractivity (Wildman–Crippen MR) is 72.3 cm³/mol. The number of methoxy groups -OCH3 is 1. The highest BCUT2D eigenvalue weighted by atomic mass is 32.1. The number of benzene rings is 1. The van der Waals surface area contributed by atoms with Crippen LogP contribution in [0.5, 0.6) is 5.75 Å². The molecule has 0 fully saturated rings. The van der Waals surface area contributed by atoms with Gasteiger partial charge in [0, 0.05) is 12.7 Å². The maximum atomic E-state index is 10.8. The Balaban J connectivity index is 2.23. The zero-order chi connectivity index (χ0) is 13.1. The van der Waals surface area contributed by atoms with Gasteiger partial charge in [-0.15, -0.1) is 11.3 Å². The molecule has 0 saturated heterocycles. The third kappa shape index (κ3) is 2.46. The van der Waals surface area contributed by atoms with Crippen molar-refractivity contribution in [3.05, 3.63) is 41.3 Å². The fourth-order valence-corrected chi connectivity index (χ4v) is 2.38. The number of thiophene rings is 1. The Morgan fingerprint density at radius 2 is 1.89 bits per heavy atom. The summed E-state index contributed by atoms with van der Waals surface area (Å²) in [5.74, 6) is -0.0982. The second-order valence-corrected chi connectivity index (χ2v) is 4.76. The number of nitrogens with zero attached hydrogens (tertiary/aromatic N) is 1. The smallest absolute Gasteiger partial charge is 0.345 e. The van der Waals surface area contributed by atoms with Gasteiger partial charge >= 0.3 is 5.97 Å². The molecule has 0 radical (unpaired) electrons. The summed E-state index contributed by atoms with van der Waals surface area (Å²) in [6, 6.07) is 11.0. The largest absolute Gasteiger partial charge is 0.497 e. The summed E-state index contributed by atoms with van der Waals surface area (Å²) < 4.78 is 5.10. The number of aromatic carboxylic acids is 1. The summed E-state index contributed by atoms with van der Waals surface area (Å²) in [6.07, 6.45) is 0. The van der Waals surface area contributed by atoms with E-state index in [1.165, 1.54) is 11.3 Å². The first-order chi connectivity index (χ1) is 8.61. The third-order valence-electron chi connectivity index (χ3n) is 2.59. The second kappa shape index (κ2) is 5.10. The Labute approximate surface area is 109 Å². The van der Waals surface area contributed by atoms with Gasteiger partial charge in [-0.1, -0.05) is 0 Å². The van der Waals surface area contributed by atoms with E-state index < -0.39 is 5.97 Å². The number of hydrogen-bond donors (Lipinski definition) is 1. The summed E-state index contributed by atoms with van der Waals surface area (Å²) in [7, 11) is 3.52. The van der Waals surface area contributed by atoms with Crippen molar-refractivity contribution in [2.24, 2.45) is 0 Å². The Hall–Kier alpha value is -2.01. The van der Waals surface area contributed by atoms with Crippen molar-refractivity contribution in [1.82, 2.24) is 0 Å². The molecule has 4 nitrogen and oxygen atoms in total. The average Bonchev–Trinajstić information content (AvgIpc) is 2.88. The van der Waals surface area contributed by atoms with Crippen molar-refractivity contribution < 1.29 is 14.6 Å². The van der Waals surface area contributed by atoms with Crippen LogP contribution in [0.1, 0.15) is 9.67 Å². The van der Waals surface area contributed by atoms with Crippen LogP contribution in [0.15, 0.2) is 36.4 Å². The first-order valence-corrected chi connectivity index (χ1v) is 6.14. The molecule has 1 aromatic carbocycles. The fraction of sp³-hybridized carbons (Fsp3) is 0.154. The predicted octanol–water partition coefficient (Wildman–Crippen LogP) is 3.22. The van der Waals surface area contributed by atoms with Gasteiger partial charge in [-0.2, -0.15) is 0 Å². The minimum absolute atomic E-state index is 0.338. The molecule has 18 heavy (non-hydrogen) atoms. The topological polar surface area (TPSA) is 49.8 Å². The summed E-state index contributed by atoms with van der Waals surface area (Å²) in [5, 5.41) is 9.78. The van der Waals surface area contributed by atoms with Crippen LogP contribution in [0.2, 0.25) is 0 Å². The minimum Gasteiger partial charge on any atom is -0.497 e. The lowest BCUT2D eigenvalue weighted by atomic mass is 10.3. The molecule has 0 amide bonds. The average molecular weight is 263 g/mol. The van der Waals surface area contributed by atoms with E-state index in [1.54, 1.807) is 19.2 Å². The van der Waals surface area contributed by atoms with E-state index in [2.05, 4.69) is 0 Å². The summed E-state index contributed by atoms with van der Waals surface area (Å²) in [4.78, 5) is 13.1. The van der Waals surface area contributed by atoms with E-state index in [1.807, 2.05) is 36.2 Å². The second-order valence-electron chi connectivity index (χ2n) is 3.70. The molecule has 0 aliphatic carbocycles. The normalized spacial score (nSPS) is 10.1. The molecular formula is C13H13NO3S. The molecule has 2 aromatic rings. The Morgan fingerprint density at radius 3 is 2.39 bits per heavy atom. The lowest BCUT2D eigenvalue weighted by Crippen LogP contribution is -2.07. The van der Waals surface area contributed by atoms with Gasteiger partial charge in [0.15, 0.2) is 0 Å². The SMILES string of the molecule is COc1ccc(N(C)c2ccc(C(=O)O)s2)cc1. The van der Waals surface area contributed by atoms with Gasteiger partial charge in [-0.05, 0) is 36.4 Å². The molecule has 1 heterocycles. The fourth-order valence-electron chi connectivity index (χ4n) is 1.56. The van der Waals surface area contributed by atoms with E-state index in [0.717, 1.165) is 16.4 Å². The molecule has 0 aliphatic heterocycles. The Bertz CT molecular complexity index is 548. The van der Waals surface area contributed by atoms with Gasteiger partial charge in [0.2, 0.25) is 0 Å². The molecular weight excluding hydrogens is 250 g/mol. The molecule has 1 N–H and O–H groups in total. The standard InChI is InChI=1S/C13H13NO3S/c1-14(9-3-5-10(17-2)6-4-9)12-8-7-11(18-12)13(15)16/h3-8H,1-2H3,(H,15,16). The molecule has 0 saturated carbocycles. The van der Waals surface area contributed by atoms with Crippen LogP contribution in [-0.4, -0.2) is 25.2 Å². The number of anilines is 2. The van der Waals surface area contributed by atoms with E-state index >= 15 is 0 Å². The summed E-state index contributed by atoms with van der Waals surface area (Å²) in [5.41, 5.74) is 0.981. The van der Waals surface area contributed by atoms with Gasteiger partial charge in [0.05, 0.1) is 12.1 Å². The van der Waals surface area contributed by atoms with Crippen molar-refractivity contribution in [3.8, 4) is 5.75 Å². The summed E-state index contributed by atoms with van der Waals surface area (Å²) >= 11 is 1.25. The molecule has 1 aromatic heterocycles. The number of carboxylic acids is 1. The molecule has 0 spiro atoms. The molecule has 0 atom stereocenters. The lowest BCUT2D eigenvalue weighted by Gasteiger charge is -2.17. The monoisotopic (exact) mass is 263 g/mol. The van der Waals surface area contributed by atoms with Gasteiger partial charge < -0.3 is 14.7 Å². The maximum absolute atomic E-state index is 10.8. The van der Waals surface area contributed by atoms with E-state index in [4.69, 9.17) is 9.84 Å². The van der Waals surface area contributed by atoms with Crippen LogP contribution in [0.4, 0.5) is 10.7 Å². The van der Waals surface area contributed by atoms with Crippen molar-refractivity contribution in [2.45, 2.75) is 0 Å². The molecule has 2 rings (SSSR count). The Kier molecular flexibility index (Phi) is 3.53. The number of carboxylic acid groups (broad SMARTS) is 1. The van der Waals surface area contributed by atoms with Crippen LogP contribution >= 0.6 is 11.3 Å². The number of ether oxygens (including phenoxy) is 1. The van der Waals surface area contributed by atoms with Gasteiger partial charge in [-0.3, -0.25) is 0 Å². The highest BCUT2D eigenvalue weighted by Crippen LogP contribution is 2.31. The van der Waals surface area contributed by atoms with Crippen LogP contribution in [0.25, 0.3) is 0 Å². The van der Waals surface area contributed by atoms with Crippen molar-refractivity contribution in [2.75, 3.05) is 19.1 Å². The van der Waals surface area contributed by atoms with E-state index in [-0.39, 0.29) is 0 Å². The molecule has 94 valence electrons. The van der Waals surface area contributed by atoms with Crippen molar-refractivity contribution in [1.29, 1.82) is 0 Å². The van der Waals surface area contributed by atoms with Gasteiger partial charge in [-0.25, -0.2) is 4.79 Å². The quantitative estimate of drug-likeness (QED) is 0.920. The van der Waals surface area contributed by atoms with Gasteiger partial charge in [0.1, 0.15) is 10.6 Å². The summed E-state index contributed by atoms with van der Waals surface area (Å²) in [6.45, 7) is 0.